The Labute approximate surface area is 92.0 Å². The summed E-state index contributed by atoms with van der Waals surface area (Å²) < 4.78 is 5.24. The molecule has 1 aromatic carbocycles. The van der Waals surface area contributed by atoms with Gasteiger partial charge in [0.25, 0.3) is 0 Å². The molecule has 1 saturated heterocycles. The maximum atomic E-state index is 10.9. The van der Waals surface area contributed by atoms with Crippen molar-refractivity contribution in [2.45, 2.75) is 6.04 Å². The lowest BCUT2D eigenvalue weighted by Gasteiger charge is -2.23. The molecule has 2 N–H and O–H groups in total. The molecule has 6 nitrogen and oxygen atoms in total. The number of benzene rings is 1. The number of morpholine rings is 1. The Hall–Kier alpha value is -1.66. The summed E-state index contributed by atoms with van der Waals surface area (Å²) in [6, 6.07) is 4.30. The van der Waals surface area contributed by atoms with Crippen LogP contribution in [0.15, 0.2) is 18.2 Å². The van der Waals surface area contributed by atoms with E-state index in [-0.39, 0.29) is 17.5 Å². The molecule has 1 atom stereocenters. The summed E-state index contributed by atoms with van der Waals surface area (Å²) in [5.41, 5.74) is 0.218. The molecule has 16 heavy (non-hydrogen) atoms. The van der Waals surface area contributed by atoms with Crippen LogP contribution in [0.3, 0.4) is 0 Å². The average molecular weight is 224 g/mol. The summed E-state index contributed by atoms with van der Waals surface area (Å²) in [6.07, 6.45) is 0. The minimum atomic E-state index is -0.568. The van der Waals surface area contributed by atoms with E-state index in [1.165, 1.54) is 6.07 Å². The Morgan fingerprint density at radius 3 is 3.00 bits per heavy atom. The summed E-state index contributed by atoms with van der Waals surface area (Å²) in [5, 5.41) is 23.5. The van der Waals surface area contributed by atoms with Gasteiger partial charge < -0.3 is 15.2 Å². The maximum absolute atomic E-state index is 10.9. The van der Waals surface area contributed by atoms with E-state index in [0.717, 1.165) is 0 Å². The highest BCUT2D eigenvalue weighted by molar-refractivity contribution is 5.53. The fourth-order valence-electron chi connectivity index (χ4n) is 1.79. The fraction of sp³-hybridized carbons (Fsp3) is 0.400. The number of nitrogens with zero attached hydrogens (tertiary/aromatic N) is 1. The van der Waals surface area contributed by atoms with Crippen molar-refractivity contribution in [3.8, 4) is 5.75 Å². The zero-order valence-corrected chi connectivity index (χ0v) is 8.55. The molecule has 1 heterocycles. The molecule has 0 spiro atoms. The highest BCUT2D eigenvalue weighted by Gasteiger charge is 2.26. The van der Waals surface area contributed by atoms with Crippen molar-refractivity contribution in [2.75, 3.05) is 19.8 Å². The van der Waals surface area contributed by atoms with Crippen LogP contribution in [0.2, 0.25) is 0 Å². The van der Waals surface area contributed by atoms with Crippen molar-refractivity contribution >= 4 is 5.69 Å². The first-order valence-corrected chi connectivity index (χ1v) is 4.97. The second-order valence-corrected chi connectivity index (χ2v) is 3.55. The minimum Gasteiger partial charge on any atom is -0.502 e. The molecule has 2 rings (SSSR count). The van der Waals surface area contributed by atoms with Gasteiger partial charge in [-0.05, 0) is 6.07 Å². The highest BCUT2D eigenvalue weighted by atomic mass is 16.6. The SMILES string of the molecule is O=[N+]([O-])c1c(O)cccc1C1COCCN1. The monoisotopic (exact) mass is 224 g/mol. The summed E-state index contributed by atoms with van der Waals surface area (Å²) in [6.45, 7) is 1.63. The van der Waals surface area contributed by atoms with Crippen LogP contribution in [0.4, 0.5) is 5.69 Å². The van der Waals surface area contributed by atoms with Gasteiger partial charge in [0.15, 0.2) is 5.75 Å². The largest absolute Gasteiger partial charge is 0.502 e. The molecule has 1 aromatic rings. The molecule has 6 heteroatoms. The third kappa shape index (κ3) is 1.98. The number of hydrogen-bond donors (Lipinski definition) is 2. The minimum absolute atomic E-state index is 0.235. The molecule has 1 aliphatic heterocycles. The van der Waals surface area contributed by atoms with E-state index in [1.807, 2.05) is 0 Å². The van der Waals surface area contributed by atoms with Gasteiger partial charge in [-0.25, -0.2) is 0 Å². The summed E-state index contributed by atoms with van der Waals surface area (Å²) in [4.78, 5) is 10.3. The topological polar surface area (TPSA) is 84.6 Å². The van der Waals surface area contributed by atoms with Crippen molar-refractivity contribution in [2.24, 2.45) is 0 Å². The lowest BCUT2D eigenvalue weighted by atomic mass is 10.0. The first-order valence-electron chi connectivity index (χ1n) is 4.97. The molecular weight excluding hydrogens is 212 g/mol. The number of rotatable bonds is 2. The smallest absolute Gasteiger partial charge is 0.315 e. The zero-order valence-electron chi connectivity index (χ0n) is 8.55. The number of phenols is 1. The third-order valence-corrected chi connectivity index (χ3v) is 2.53. The van der Waals surface area contributed by atoms with Gasteiger partial charge in [0, 0.05) is 6.54 Å². The van der Waals surface area contributed by atoms with E-state index >= 15 is 0 Å². The second-order valence-electron chi connectivity index (χ2n) is 3.55. The van der Waals surface area contributed by atoms with Crippen LogP contribution in [0.1, 0.15) is 11.6 Å². The second kappa shape index (κ2) is 4.46. The van der Waals surface area contributed by atoms with E-state index in [4.69, 9.17) is 4.74 Å². The summed E-state index contributed by atoms with van der Waals surface area (Å²) in [5.74, 6) is -0.310. The molecule has 0 radical (unpaired) electrons. The Morgan fingerprint density at radius 1 is 1.56 bits per heavy atom. The highest BCUT2D eigenvalue weighted by Crippen LogP contribution is 2.33. The molecule has 1 aliphatic rings. The molecule has 1 fully saturated rings. The Morgan fingerprint density at radius 2 is 2.38 bits per heavy atom. The predicted octanol–water partition coefficient (Wildman–Crippen LogP) is 0.961. The van der Waals surface area contributed by atoms with Crippen LogP contribution in [-0.2, 0) is 4.74 Å². The molecule has 1 unspecified atom stereocenters. The molecule has 0 bridgehead atoms. The third-order valence-electron chi connectivity index (χ3n) is 2.53. The van der Waals surface area contributed by atoms with Gasteiger partial charge in [0.2, 0.25) is 0 Å². The number of nitro benzene ring substituents is 1. The molecular formula is C10H12N2O4. The Bertz CT molecular complexity index is 402. The van der Waals surface area contributed by atoms with Crippen LogP contribution in [0, 0.1) is 10.1 Å². The van der Waals surface area contributed by atoms with Gasteiger partial charge in [0.05, 0.1) is 29.7 Å². The lowest BCUT2D eigenvalue weighted by molar-refractivity contribution is -0.386. The molecule has 0 saturated carbocycles. The maximum Gasteiger partial charge on any atom is 0.315 e. The number of nitrogens with one attached hydrogen (secondary N) is 1. The van der Waals surface area contributed by atoms with E-state index in [1.54, 1.807) is 12.1 Å². The van der Waals surface area contributed by atoms with Crippen LogP contribution >= 0.6 is 0 Å². The molecule has 86 valence electrons. The first-order chi connectivity index (χ1) is 7.70. The van der Waals surface area contributed by atoms with Gasteiger partial charge in [-0.3, -0.25) is 10.1 Å². The number of hydrogen-bond acceptors (Lipinski definition) is 5. The number of para-hydroxylation sites is 1. The predicted molar refractivity (Wildman–Crippen MR) is 56.3 cm³/mol. The van der Waals surface area contributed by atoms with Crippen molar-refractivity contribution in [1.29, 1.82) is 0 Å². The molecule has 0 aliphatic carbocycles. The van der Waals surface area contributed by atoms with Crippen LogP contribution in [-0.4, -0.2) is 29.8 Å². The Kier molecular flexibility index (Phi) is 3.02. The lowest BCUT2D eigenvalue weighted by Crippen LogP contribution is -2.34. The molecule has 0 aromatic heterocycles. The van der Waals surface area contributed by atoms with Crippen LogP contribution in [0.5, 0.6) is 5.75 Å². The normalized spacial score (nSPS) is 20.6. The van der Waals surface area contributed by atoms with Crippen molar-refractivity contribution < 1.29 is 14.8 Å². The number of nitro groups is 1. The van der Waals surface area contributed by atoms with Crippen LogP contribution < -0.4 is 5.32 Å². The van der Waals surface area contributed by atoms with Gasteiger partial charge >= 0.3 is 5.69 Å². The Balaban J connectivity index is 2.38. The number of phenolic OH excluding ortho intramolecular Hbond substituents is 1. The van der Waals surface area contributed by atoms with Crippen molar-refractivity contribution in [3.05, 3.63) is 33.9 Å². The van der Waals surface area contributed by atoms with E-state index in [9.17, 15) is 15.2 Å². The van der Waals surface area contributed by atoms with Crippen LogP contribution in [0.25, 0.3) is 0 Å². The zero-order chi connectivity index (χ0) is 11.5. The summed E-state index contributed by atoms with van der Waals surface area (Å²) in [7, 11) is 0. The summed E-state index contributed by atoms with van der Waals surface area (Å²) >= 11 is 0. The van der Waals surface area contributed by atoms with Gasteiger partial charge in [0.1, 0.15) is 0 Å². The average Bonchev–Trinajstić information content (AvgIpc) is 2.29. The quantitative estimate of drug-likeness (QED) is 0.577. The van der Waals surface area contributed by atoms with Gasteiger partial charge in [-0.2, -0.15) is 0 Å². The molecule has 0 amide bonds. The number of ether oxygens (including phenoxy) is 1. The van der Waals surface area contributed by atoms with Gasteiger partial charge in [-0.15, -0.1) is 0 Å². The first kappa shape index (κ1) is 10.8. The fourth-order valence-corrected chi connectivity index (χ4v) is 1.79. The van der Waals surface area contributed by atoms with E-state index < -0.39 is 4.92 Å². The van der Waals surface area contributed by atoms with Gasteiger partial charge in [-0.1, -0.05) is 12.1 Å². The van der Waals surface area contributed by atoms with E-state index in [0.29, 0.717) is 25.3 Å². The van der Waals surface area contributed by atoms with E-state index in [2.05, 4.69) is 5.32 Å². The van der Waals surface area contributed by atoms with Crippen molar-refractivity contribution in [3.63, 3.8) is 0 Å². The number of aromatic hydroxyl groups is 1. The standard InChI is InChI=1S/C10H12N2O4/c13-9-3-1-2-7(10(9)12(14)15)8-6-16-5-4-11-8/h1-3,8,11,13H,4-6H2. The van der Waals surface area contributed by atoms with Crippen molar-refractivity contribution in [1.82, 2.24) is 5.32 Å².